The Morgan fingerprint density at radius 2 is 1.85 bits per heavy atom. The zero-order valence-electron chi connectivity index (χ0n) is 12.8. The second-order valence-corrected chi connectivity index (χ2v) is 5.18. The van der Waals surface area contributed by atoms with Crippen LogP contribution in [0.15, 0.2) is 24.3 Å². The van der Waals surface area contributed by atoms with E-state index in [0.717, 1.165) is 25.3 Å². The Balaban J connectivity index is 2.17. The second-order valence-electron chi connectivity index (χ2n) is 5.18. The van der Waals surface area contributed by atoms with Crippen LogP contribution >= 0.6 is 0 Å². The highest BCUT2D eigenvalue weighted by Gasteiger charge is 2.07. The fraction of sp³-hybridized carbons (Fsp3) is 0.625. The van der Waals surface area contributed by atoms with Gasteiger partial charge in [-0.2, -0.15) is 0 Å². The van der Waals surface area contributed by atoms with Crippen LogP contribution in [-0.4, -0.2) is 44.6 Å². The first kappa shape index (κ1) is 17.0. The molecule has 0 heterocycles. The zero-order chi connectivity index (χ0) is 14.8. The lowest BCUT2D eigenvalue weighted by Gasteiger charge is -2.15. The van der Waals surface area contributed by atoms with E-state index in [0.29, 0.717) is 19.1 Å². The molecular weight excluding hydrogens is 254 g/mol. The van der Waals surface area contributed by atoms with Crippen LogP contribution in [0.3, 0.4) is 0 Å². The average molecular weight is 281 g/mol. The van der Waals surface area contributed by atoms with Crippen molar-refractivity contribution in [2.45, 2.75) is 26.4 Å². The molecule has 0 aliphatic rings. The number of nitrogens with one attached hydrogen (secondary N) is 1. The lowest BCUT2D eigenvalue weighted by Crippen LogP contribution is -2.34. The van der Waals surface area contributed by atoms with Crippen molar-refractivity contribution < 1.29 is 14.6 Å². The van der Waals surface area contributed by atoms with Crippen LogP contribution in [0.4, 0.5) is 0 Å². The van der Waals surface area contributed by atoms with E-state index in [1.54, 1.807) is 7.11 Å². The lowest BCUT2D eigenvalue weighted by molar-refractivity contribution is 0.102. The summed E-state index contributed by atoms with van der Waals surface area (Å²) in [6.45, 7) is 6.61. The van der Waals surface area contributed by atoms with E-state index in [2.05, 4.69) is 19.2 Å². The van der Waals surface area contributed by atoms with Crippen molar-refractivity contribution in [3.05, 3.63) is 29.8 Å². The number of ether oxygens (including phenoxy) is 2. The second kappa shape index (κ2) is 9.75. The molecule has 0 aliphatic carbocycles. The molecule has 0 spiro atoms. The number of aliphatic hydroxyl groups excluding tert-OH is 1. The first-order valence-corrected chi connectivity index (χ1v) is 7.25. The van der Waals surface area contributed by atoms with Crippen LogP contribution in [-0.2, 0) is 11.2 Å². The van der Waals surface area contributed by atoms with E-state index in [9.17, 15) is 5.11 Å². The molecule has 0 saturated heterocycles. The monoisotopic (exact) mass is 281 g/mol. The molecule has 0 bridgehead atoms. The molecule has 20 heavy (non-hydrogen) atoms. The fourth-order valence-corrected chi connectivity index (χ4v) is 1.91. The largest absolute Gasteiger partial charge is 0.491 e. The third-order valence-electron chi connectivity index (χ3n) is 3.10. The van der Waals surface area contributed by atoms with Crippen LogP contribution in [0.5, 0.6) is 5.75 Å². The summed E-state index contributed by atoms with van der Waals surface area (Å²) in [5, 5.41) is 13.0. The number of hydrogen-bond donors (Lipinski definition) is 2. The summed E-state index contributed by atoms with van der Waals surface area (Å²) in [5.74, 6) is 1.24. The number of aryl methyl sites for hydroxylation is 1. The molecule has 0 amide bonds. The minimum atomic E-state index is -0.504. The third-order valence-corrected chi connectivity index (χ3v) is 3.10. The van der Waals surface area contributed by atoms with Crippen LogP contribution < -0.4 is 10.1 Å². The Kier molecular flexibility index (Phi) is 8.26. The molecule has 1 aromatic rings. The van der Waals surface area contributed by atoms with Crippen LogP contribution in [0.25, 0.3) is 0 Å². The Morgan fingerprint density at radius 3 is 2.45 bits per heavy atom. The van der Waals surface area contributed by atoms with E-state index < -0.39 is 6.10 Å². The first-order valence-electron chi connectivity index (χ1n) is 7.25. The van der Waals surface area contributed by atoms with Crippen molar-refractivity contribution in [2.24, 2.45) is 5.92 Å². The Bertz CT molecular complexity index is 353. The lowest BCUT2D eigenvalue weighted by atomic mass is 10.2. The van der Waals surface area contributed by atoms with E-state index in [-0.39, 0.29) is 0 Å². The molecular formula is C16H27NO3. The molecule has 0 saturated carbocycles. The highest BCUT2D eigenvalue weighted by Crippen LogP contribution is 2.12. The minimum absolute atomic E-state index is 0.303. The maximum Gasteiger partial charge on any atom is 0.119 e. The number of methoxy groups -OCH3 is 1. The predicted octanol–water partition coefficient (Wildman–Crippen LogP) is 1.86. The summed E-state index contributed by atoms with van der Waals surface area (Å²) in [6, 6.07) is 7.98. The number of hydrogen-bond acceptors (Lipinski definition) is 4. The molecule has 114 valence electrons. The van der Waals surface area contributed by atoms with Gasteiger partial charge in [-0.1, -0.05) is 26.0 Å². The summed E-state index contributed by atoms with van der Waals surface area (Å²) < 4.78 is 10.6. The van der Waals surface area contributed by atoms with Crippen molar-refractivity contribution in [3.8, 4) is 5.75 Å². The van der Waals surface area contributed by atoms with Crippen LogP contribution in [0.1, 0.15) is 19.4 Å². The summed E-state index contributed by atoms with van der Waals surface area (Å²) in [6.07, 6.45) is 0.516. The topological polar surface area (TPSA) is 50.7 Å². The van der Waals surface area contributed by atoms with Gasteiger partial charge in [-0.05, 0) is 36.6 Å². The van der Waals surface area contributed by atoms with Crippen molar-refractivity contribution >= 4 is 0 Å². The smallest absolute Gasteiger partial charge is 0.119 e. The summed E-state index contributed by atoms with van der Waals surface area (Å²) in [4.78, 5) is 0. The van der Waals surface area contributed by atoms with Gasteiger partial charge in [0, 0.05) is 20.3 Å². The van der Waals surface area contributed by atoms with Crippen molar-refractivity contribution in [2.75, 3.05) is 33.4 Å². The molecule has 2 N–H and O–H groups in total. The van der Waals surface area contributed by atoms with Gasteiger partial charge in [-0.15, -0.1) is 0 Å². The van der Waals surface area contributed by atoms with Crippen molar-refractivity contribution in [1.82, 2.24) is 5.32 Å². The molecule has 2 unspecified atom stereocenters. The van der Waals surface area contributed by atoms with Gasteiger partial charge in [0.1, 0.15) is 18.5 Å². The van der Waals surface area contributed by atoms with Gasteiger partial charge in [0.2, 0.25) is 0 Å². The summed E-state index contributed by atoms with van der Waals surface area (Å²) >= 11 is 0. The predicted molar refractivity (Wildman–Crippen MR) is 81.2 cm³/mol. The van der Waals surface area contributed by atoms with Gasteiger partial charge in [-0.3, -0.25) is 0 Å². The maximum atomic E-state index is 9.84. The standard InChI is InChI=1S/C16H27NO3/c1-4-14-5-7-16(8-6-14)20-12-15(18)10-17-9-13(2)11-19-3/h5-8,13,15,17-18H,4,9-12H2,1-3H3. The number of aliphatic hydroxyl groups is 1. The summed E-state index contributed by atoms with van der Waals surface area (Å²) in [7, 11) is 1.70. The first-order chi connectivity index (χ1) is 9.65. The Labute approximate surface area is 122 Å². The molecule has 0 fully saturated rings. The van der Waals surface area contributed by atoms with Gasteiger partial charge < -0.3 is 19.9 Å². The normalized spacial score (nSPS) is 14.0. The SMILES string of the molecule is CCc1ccc(OCC(O)CNCC(C)COC)cc1. The van der Waals surface area contributed by atoms with Gasteiger partial charge in [0.25, 0.3) is 0 Å². The summed E-state index contributed by atoms with van der Waals surface area (Å²) in [5.41, 5.74) is 1.28. The van der Waals surface area contributed by atoms with Gasteiger partial charge in [0.05, 0.1) is 0 Å². The molecule has 0 aromatic heterocycles. The maximum absolute atomic E-state index is 9.84. The fourth-order valence-electron chi connectivity index (χ4n) is 1.91. The quantitative estimate of drug-likeness (QED) is 0.687. The third kappa shape index (κ3) is 6.89. The molecule has 2 atom stereocenters. The van der Waals surface area contributed by atoms with Crippen molar-refractivity contribution in [3.63, 3.8) is 0 Å². The van der Waals surface area contributed by atoms with E-state index in [1.165, 1.54) is 5.56 Å². The van der Waals surface area contributed by atoms with Gasteiger partial charge >= 0.3 is 0 Å². The van der Waals surface area contributed by atoms with E-state index in [1.807, 2.05) is 24.3 Å². The van der Waals surface area contributed by atoms with Gasteiger partial charge in [0.15, 0.2) is 0 Å². The van der Waals surface area contributed by atoms with Crippen LogP contribution in [0.2, 0.25) is 0 Å². The highest BCUT2D eigenvalue weighted by molar-refractivity contribution is 5.27. The molecule has 0 aliphatic heterocycles. The highest BCUT2D eigenvalue weighted by atomic mass is 16.5. The Hall–Kier alpha value is -1.10. The molecule has 1 aromatic carbocycles. The van der Waals surface area contributed by atoms with Crippen LogP contribution in [0, 0.1) is 5.92 Å². The number of rotatable bonds is 10. The van der Waals surface area contributed by atoms with Crippen molar-refractivity contribution in [1.29, 1.82) is 0 Å². The molecule has 1 rings (SSSR count). The molecule has 4 heteroatoms. The molecule has 4 nitrogen and oxygen atoms in total. The van der Waals surface area contributed by atoms with Gasteiger partial charge in [-0.25, -0.2) is 0 Å². The Morgan fingerprint density at radius 1 is 1.15 bits per heavy atom. The zero-order valence-corrected chi connectivity index (χ0v) is 12.8. The molecule has 0 radical (unpaired) electrons. The average Bonchev–Trinajstić information content (AvgIpc) is 2.46. The number of benzene rings is 1. The minimum Gasteiger partial charge on any atom is -0.491 e. The van der Waals surface area contributed by atoms with E-state index >= 15 is 0 Å². The van der Waals surface area contributed by atoms with E-state index in [4.69, 9.17) is 9.47 Å².